The Bertz CT molecular complexity index is 461. The van der Waals surface area contributed by atoms with Crippen molar-refractivity contribution in [3.05, 3.63) is 34.9 Å². The highest BCUT2D eigenvalue weighted by atomic mass is 16.5. The van der Waals surface area contributed by atoms with E-state index in [1.54, 1.807) is 7.11 Å². The number of fused-ring (bicyclic) bond motifs is 1. The van der Waals surface area contributed by atoms with Crippen LogP contribution in [0, 0.1) is 0 Å². The lowest BCUT2D eigenvalue weighted by atomic mass is 10.0. The second-order valence-electron chi connectivity index (χ2n) is 4.08. The zero-order valence-electron chi connectivity index (χ0n) is 10.2. The van der Waals surface area contributed by atoms with Crippen LogP contribution in [0.1, 0.15) is 24.0 Å². The van der Waals surface area contributed by atoms with E-state index in [-0.39, 0.29) is 5.97 Å². The van der Waals surface area contributed by atoms with Crippen LogP contribution in [-0.2, 0) is 16.0 Å². The second-order valence-corrected chi connectivity index (χ2v) is 4.08. The molecule has 0 atom stereocenters. The molecule has 0 spiro atoms. The molecule has 0 N–H and O–H groups in total. The molecule has 0 aliphatic heterocycles. The molecule has 0 saturated heterocycles. The van der Waals surface area contributed by atoms with Crippen molar-refractivity contribution in [2.75, 3.05) is 14.2 Å². The van der Waals surface area contributed by atoms with Crippen LogP contribution < -0.4 is 4.74 Å². The van der Waals surface area contributed by atoms with Crippen molar-refractivity contribution in [1.82, 2.24) is 0 Å². The molecule has 0 saturated carbocycles. The number of carbonyl (C=O) groups excluding carboxylic acids is 1. The zero-order valence-corrected chi connectivity index (χ0v) is 10.2. The first-order valence-corrected chi connectivity index (χ1v) is 5.70. The molecule has 3 nitrogen and oxygen atoms in total. The van der Waals surface area contributed by atoms with Crippen LogP contribution in [0.3, 0.4) is 0 Å². The van der Waals surface area contributed by atoms with E-state index in [9.17, 15) is 4.79 Å². The maximum absolute atomic E-state index is 11.6. The van der Waals surface area contributed by atoms with Crippen LogP contribution in [0.15, 0.2) is 23.8 Å². The minimum absolute atomic E-state index is 0.235. The smallest absolute Gasteiger partial charge is 0.333 e. The Morgan fingerprint density at radius 3 is 2.76 bits per heavy atom. The zero-order chi connectivity index (χ0) is 12.3. The van der Waals surface area contributed by atoms with E-state index in [1.807, 2.05) is 18.2 Å². The summed E-state index contributed by atoms with van der Waals surface area (Å²) in [5.41, 5.74) is 3.05. The van der Waals surface area contributed by atoms with Gasteiger partial charge in [-0.05, 0) is 48.6 Å². The summed E-state index contributed by atoms with van der Waals surface area (Å²) in [4.78, 5) is 11.6. The van der Waals surface area contributed by atoms with E-state index < -0.39 is 0 Å². The van der Waals surface area contributed by atoms with Crippen molar-refractivity contribution >= 4 is 12.0 Å². The fourth-order valence-electron chi connectivity index (χ4n) is 2.08. The molecule has 90 valence electrons. The molecule has 1 aromatic rings. The number of hydrogen-bond acceptors (Lipinski definition) is 3. The largest absolute Gasteiger partial charge is 0.497 e. The summed E-state index contributed by atoms with van der Waals surface area (Å²) in [6.45, 7) is 0. The molecule has 0 radical (unpaired) electrons. The third-order valence-electron chi connectivity index (χ3n) is 3.02. The summed E-state index contributed by atoms with van der Waals surface area (Å²) in [5, 5.41) is 0. The number of hydrogen-bond donors (Lipinski definition) is 0. The van der Waals surface area contributed by atoms with E-state index in [2.05, 4.69) is 6.07 Å². The highest BCUT2D eigenvalue weighted by Gasteiger charge is 2.15. The van der Waals surface area contributed by atoms with Gasteiger partial charge in [-0.1, -0.05) is 6.07 Å². The normalized spacial score (nSPS) is 14.4. The standard InChI is InChI=1S/C14H16O3/c1-16-13-7-6-10-4-3-5-11(14(15)17-2)8-12(10)9-13/h6-9H,3-5H2,1-2H3. The van der Waals surface area contributed by atoms with E-state index >= 15 is 0 Å². The van der Waals surface area contributed by atoms with Gasteiger partial charge < -0.3 is 9.47 Å². The van der Waals surface area contributed by atoms with E-state index in [1.165, 1.54) is 12.7 Å². The molecular weight excluding hydrogens is 216 g/mol. The van der Waals surface area contributed by atoms with Crippen molar-refractivity contribution in [2.45, 2.75) is 19.3 Å². The first-order valence-electron chi connectivity index (χ1n) is 5.70. The van der Waals surface area contributed by atoms with Gasteiger partial charge in [-0.2, -0.15) is 0 Å². The highest BCUT2D eigenvalue weighted by Crippen LogP contribution is 2.26. The van der Waals surface area contributed by atoms with Crippen LogP contribution in [0.5, 0.6) is 5.75 Å². The summed E-state index contributed by atoms with van der Waals surface area (Å²) in [5.74, 6) is 0.576. The number of carbonyl (C=O) groups is 1. The summed E-state index contributed by atoms with van der Waals surface area (Å²) in [6, 6.07) is 5.98. The quantitative estimate of drug-likeness (QED) is 0.735. The Hall–Kier alpha value is -1.77. The van der Waals surface area contributed by atoms with Gasteiger partial charge in [0, 0.05) is 5.57 Å². The summed E-state index contributed by atoms with van der Waals surface area (Å²) in [6.07, 6.45) is 4.64. The van der Waals surface area contributed by atoms with Crippen molar-refractivity contribution in [1.29, 1.82) is 0 Å². The number of rotatable bonds is 2. The summed E-state index contributed by atoms with van der Waals surface area (Å²) in [7, 11) is 3.06. The van der Waals surface area contributed by atoms with Gasteiger partial charge in [0.15, 0.2) is 0 Å². The predicted molar refractivity (Wildman–Crippen MR) is 65.9 cm³/mol. The van der Waals surface area contributed by atoms with Crippen molar-refractivity contribution in [2.24, 2.45) is 0 Å². The van der Waals surface area contributed by atoms with Gasteiger partial charge in [0.1, 0.15) is 5.75 Å². The Balaban J connectivity index is 2.41. The Labute approximate surface area is 101 Å². The Morgan fingerprint density at radius 1 is 1.24 bits per heavy atom. The monoisotopic (exact) mass is 232 g/mol. The number of aryl methyl sites for hydroxylation is 1. The second kappa shape index (κ2) is 5.04. The molecule has 0 bridgehead atoms. The molecule has 0 unspecified atom stereocenters. The lowest BCUT2D eigenvalue weighted by Gasteiger charge is -2.06. The topological polar surface area (TPSA) is 35.5 Å². The Morgan fingerprint density at radius 2 is 2.06 bits per heavy atom. The molecule has 0 amide bonds. The molecule has 17 heavy (non-hydrogen) atoms. The maximum atomic E-state index is 11.6. The molecule has 1 aromatic carbocycles. The van der Waals surface area contributed by atoms with Crippen molar-refractivity contribution < 1.29 is 14.3 Å². The first-order chi connectivity index (χ1) is 8.24. The average molecular weight is 232 g/mol. The maximum Gasteiger partial charge on any atom is 0.333 e. The van der Waals surface area contributed by atoms with Gasteiger partial charge in [-0.25, -0.2) is 4.79 Å². The van der Waals surface area contributed by atoms with Crippen LogP contribution in [0.4, 0.5) is 0 Å². The molecule has 2 rings (SSSR count). The molecule has 0 fully saturated rings. The molecular formula is C14H16O3. The number of benzene rings is 1. The number of methoxy groups -OCH3 is 2. The van der Waals surface area contributed by atoms with Crippen LogP contribution in [0.2, 0.25) is 0 Å². The minimum atomic E-state index is -0.235. The first kappa shape index (κ1) is 11.7. The van der Waals surface area contributed by atoms with Gasteiger partial charge in [0.2, 0.25) is 0 Å². The van der Waals surface area contributed by atoms with Crippen molar-refractivity contribution in [3.8, 4) is 5.75 Å². The Kier molecular flexibility index (Phi) is 3.47. The lowest BCUT2D eigenvalue weighted by molar-refractivity contribution is -0.136. The molecule has 0 heterocycles. The van der Waals surface area contributed by atoms with Gasteiger partial charge in [-0.3, -0.25) is 0 Å². The number of ether oxygens (including phenoxy) is 2. The van der Waals surface area contributed by atoms with Gasteiger partial charge in [0.25, 0.3) is 0 Å². The third-order valence-corrected chi connectivity index (χ3v) is 3.02. The van der Waals surface area contributed by atoms with Crippen LogP contribution in [-0.4, -0.2) is 20.2 Å². The average Bonchev–Trinajstić information content (AvgIpc) is 2.58. The molecule has 3 heteroatoms. The van der Waals surface area contributed by atoms with Gasteiger partial charge in [0.05, 0.1) is 14.2 Å². The number of esters is 1. The third kappa shape index (κ3) is 2.49. The lowest BCUT2D eigenvalue weighted by Crippen LogP contribution is -2.03. The fraction of sp³-hybridized carbons (Fsp3) is 0.357. The van der Waals surface area contributed by atoms with E-state index in [0.717, 1.165) is 36.1 Å². The van der Waals surface area contributed by atoms with Gasteiger partial charge >= 0.3 is 5.97 Å². The van der Waals surface area contributed by atoms with E-state index in [4.69, 9.17) is 9.47 Å². The molecule has 0 aromatic heterocycles. The SMILES string of the molecule is COC(=O)C1=Cc2cc(OC)ccc2CCC1. The summed E-state index contributed by atoms with van der Waals surface area (Å²) >= 11 is 0. The highest BCUT2D eigenvalue weighted by molar-refractivity contribution is 5.94. The van der Waals surface area contributed by atoms with E-state index in [0.29, 0.717) is 0 Å². The predicted octanol–water partition coefficient (Wildman–Crippen LogP) is 2.59. The minimum Gasteiger partial charge on any atom is -0.497 e. The van der Waals surface area contributed by atoms with Crippen LogP contribution in [0.25, 0.3) is 6.08 Å². The van der Waals surface area contributed by atoms with Crippen LogP contribution >= 0.6 is 0 Å². The summed E-state index contributed by atoms with van der Waals surface area (Å²) < 4.78 is 9.98. The molecule has 1 aliphatic carbocycles. The van der Waals surface area contributed by atoms with Gasteiger partial charge in [-0.15, -0.1) is 0 Å². The van der Waals surface area contributed by atoms with Crippen molar-refractivity contribution in [3.63, 3.8) is 0 Å². The fourth-order valence-corrected chi connectivity index (χ4v) is 2.08. The molecule has 1 aliphatic rings.